The zero-order chi connectivity index (χ0) is 12.8. The predicted molar refractivity (Wildman–Crippen MR) is 70.1 cm³/mol. The van der Waals surface area contributed by atoms with Gasteiger partial charge >= 0.3 is 0 Å². The highest BCUT2D eigenvalue weighted by molar-refractivity contribution is 4.93. The van der Waals surface area contributed by atoms with Crippen LogP contribution >= 0.6 is 0 Å². The smallest absolute Gasteiger partial charge is 0.250 e. The Balaban J connectivity index is 1.95. The molecular formula is C14H19N3O. The predicted octanol–water partition coefficient (Wildman–Crippen LogP) is 1.62. The molecule has 4 nitrogen and oxygen atoms in total. The maximum Gasteiger partial charge on any atom is 0.250 e. The molecule has 2 rings (SSSR count). The molecule has 1 heterocycles. The van der Waals surface area contributed by atoms with Crippen LogP contribution in [0.5, 0.6) is 0 Å². The quantitative estimate of drug-likeness (QED) is 0.741. The van der Waals surface area contributed by atoms with E-state index in [0.29, 0.717) is 19.1 Å². The molecule has 0 aromatic carbocycles. The average Bonchev–Trinajstić information content (AvgIpc) is 2.90. The number of nitriles is 1. The lowest BCUT2D eigenvalue weighted by Crippen LogP contribution is -2.37. The van der Waals surface area contributed by atoms with Crippen LogP contribution in [0.15, 0.2) is 29.2 Å². The lowest BCUT2D eigenvalue weighted by atomic mass is 10.2. The van der Waals surface area contributed by atoms with E-state index in [1.807, 2.05) is 12.3 Å². The molecule has 0 radical (unpaired) electrons. The number of pyridine rings is 1. The highest BCUT2D eigenvalue weighted by Gasteiger charge is 2.21. The van der Waals surface area contributed by atoms with Crippen LogP contribution in [-0.4, -0.2) is 28.6 Å². The van der Waals surface area contributed by atoms with Gasteiger partial charge in [0.1, 0.15) is 0 Å². The molecule has 1 saturated carbocycles. The summed E-state index contributed by atoms with van der Waals surface area (Å²) in [5, 5.41) is 8.89. The first kappa shape index (κ1) is 12.8. The van der Waals surface area contributed by atoms with E-state index in [1.54, 1.807) is 16.7 Å². The van der Waals surface area contributed by atoms with Gasteiger partial charge in [0.2, 0.25) is 0 Å². The minimum absolute atomic E-state index is 0.0285. The second-order valence-electron chi connectivity index (χ2n) is 4.80. The summed E-state index contributed by atoms with van der Waals surface area (Å²) in [5.74, 6) is 0. The van der Waals surface area contributed by atoms with Gasteiger partial charge in [-0.1, -0.05) is 18.9 Å². The number of rotatable bonds is 5. The van der Waals surface area contributed by atoms with Gasteiger partial charge in [0, 0.05) is 31.4 Å². The van der Waals surface area contributed by atoms with Crippen molar-refractivity contribution < 1.29 is 0 Å². The van der Waals surface area contributed by atoms with Crippen molar-refractivity contribution in [1.82, 2.24) is 9.47 Å². The van der Waals surface area contributed by atoms with Crippen molar-refractivity contribution in [3.05, 3.63) is 34.7 Å². The van der Waals surface area contributed by atoms with E-state index in [2.05, 4.69) is 11.0 Å². The van der Waals surface area contributed by atoms with Gasteiger partial charge in [-0.15, -0.1) is 0 Å². The molecule has 1 aromatic rings. The Labute approximate surface area is 107 Å². The van der Waals surface area contributed by atoms with E-state index in [4.69, 9.17) is 5.26 Å². The van der Waals surface area contributed by atoms with Crippen molar-refractivity contribution in [1.29, 1.82) is 5.26 Å². The molecule has 1 aliphatic carbocycles. The fourth-order valence-corrected chi connectivity index (χ4v) is 2.63. The molecule has 4 heteroatoms. The zero-order valence-electron chi connectivity index (χ0n) is 10.6. The lowest BCUT2D eigenvalue weighted by Gasteiger charge is -2.26. The van der Waals surface area contributed by atoms with Gasteiger partial charge in [-0.25, -0.2) is 0 Å². The van der Waals surface area contributed by atoms with Gasteiger partial charge in [-0.3, -0.25) is 9.69 Å². The summed E-state index contributed by atoms with van der Waals surface area (Å²) in [6.45, 7) is 1.91. The van der Waals surface area contributed by atoms with Crippen LogP contribution in [0, 0.1) is 11.3 Å². The highest BCUT2D eigenvalue weighted by Crippen LogP contribution is 2.22. The number of hydrogen-bond acceptors (Lipinski definition) is 3. The van der Waals surface area contributed by atoms with E-state index in [-0.39, 0.29) is 5.56 Å². The molecule has 0 N–H and O–H groups in total. The molecule has 18 heavy (non-hydrogen) atoms. The van der Waals surface area contributed by atoms with Gasteiger partial charge in [0.15, 0.2) is 0 Å². The molecule has 96 valence electrons. The van der Waals surface area contributed by atoms with Crippen LogP contribution in [0.4, 0.5) is 0 Å². The topological polar surface area (TPSA) is 49.0 Å². The van der Waals surface area contributed by atoms with E-state index in [1.165, 1.54) is 25.7 Å². The fraction of sp³-hybridized carbons (Fsp3) is 0.571. The van der Waals surface area contributed by atoms with Crippen LogP contribution < -0.4 is 5.56 Å². The molecule has 0 amide bonds. The molecule has 0 spiro atoms. The van der Waals surface area contributed by atoms with Crippen LogP contribution in [0.2, 0.25) is 0 Å². The first-order chi connectivity index (χ1) is 8.81. The third-order valence-corrected chi connectivity index (χ3v) is 3.64. The molecule has 0 aliphatic heterocycles. The Bertz CT molecular complexity index is 468. The zero-order valence-corrected chi connectivity index (χ0v) is 10.6. The maximum absolute atomic E-state index is 11.6. The third kappa shape index (κ3) is 3.21. The van der Waals surface area contributed by atoms with Crippen molar-refractivity contribution in [2.24, 2.45) is 0 Å². The normalized spacial score (nSPS) is 16.0. The SMILES string of the molecule is N#CCN(CCn1ccccc1=O)C1CCCC1. The van der Waals surface area contributed by atoms with Crippen molar-refractivity contribution in [2.75, 3.05) is 13.1 Å². The summed E-state index contributed by atoms with van der Waals surface area (Å²) >= 11 is 0. The van der Waals surface area contributed by atoms with E-state index < -0.39 is 0 Å². The van der Waals surface area contributed by atoms with Crippen molar-refractivity contribution in [2.45, 2.75) is 38.3 Å². The van der Waals surface area contributed by atoms with Gasteiger partial charge in [-0.2, -0.15) is 5.26 Å². The van der Waals surface area contributed by atoms with Gasteiger partial charge in [0.25, 0.3) is 5.56 Å². The van der Waals surface area contributed by atoms with Gasteiger partial charge < -0.3 is 4.57 Å². The monoisotopic (exact) mass is 245 g/mol. The molecule has 0 saturated heterocycles. The first-order valence-corrected chi connectivity index (χ1v) is 6.58. The number of nitrogens with zero attached hydrogens (tertiary/aromatic N) is 3. The lowest BCUT2D eigenvalue weighted by molar-refractivity contribution is 0.213. The minimum atomic E-state index is 0.0285. The Morgan fingerprint density at radius 2 is 2.17 bits per heavy atom. The molecular weight excluding hydrogens is 226 g/mol. The van der Waals surface area contributed by atoms with E-state index in [9.17, 15) is 4.79 Å². The van der Waals surface area contributed by atoms with Crippen LogP contribution in [0.3, 0.4) is 0 Å². The molecule has 0 unspecified atom stereocenters. The Morgan fingerprint density at radius 1 is 1.39 bits per heavy atom. The Hall–Kier alpha value is -1.60. The van der Waals surface area contributed by atoms with Gasteiger partial charge in [0.05, 0.1) is 12.6 Å². The molecule has 1 fully saturated rings. The average molecular weight is 245 g/mol. The minimum Gasteiger partial charge on any atom is -0.314 e. The summed E-state index contributed by atoms with van der Waals surface area (Å²) < 4.78 is 1.71. The first-order valence-electron chi connectivity index (χ1n) is 6.58. The molecule has 1 aliphatic rings. The van der Waals surface area contributed by atoms with Crippen LogP contribution in [0.25, 0.3) is 0 Å². The second-order valence-corrected chi connectivity index (χ2v) is 4.80. The van der Waals surface area contributed by atoms with Gasteiger partial charge in [-0.05, 0) is 18.9 Å². The Kier molecular flexibility index (Phi) is 4.54. The largest absolute Gasteiger partial charge is 0.314 e. The van der Waals surface area contributed by atoms with Crippen molar-refractivity contribution >= 4 is 0 Å². The number of hydrogen-bond donors (Lipinski definition) is 0. The summed E-state index contributed by atoms with van der Waals surface area (Å²) in [6.07, 6.45) is 6.70. The van der Waals surface area contributed by atoms with E-state index >= 15 is 0 Å². The second kappa shape index (κ2) is 6.36. The summed E-state index contributed by atoms with van der Waals surface area (Å²) in [6, 6.07) is 7.96. The van der Waals surface area contributed by atoms with E-state index in [0.717, 1.165) is 6.54 Å². The van der Waals surface area contributed by atoms with Crippen LogP contribution in [-0.2, 0) is 6.54 Å². The van der Waals surface area contributed by atoms with Crippen molar-refractivity contribution in [3.63, 3.8) is 0 Å². The fourth-order valence-electron chi connectivity index (χ4n) is 2.63. The summed E-state index contributed by atoms with van der Waals surface area (Å²) in [7, 11) is 0. The molecule has 0 atom stereocenters. The standard InChI is InChI=1S/C14H19N3O/c15-8-10-16(13-5-1-2-6-13)11-12-17-9-4-3-7-14(17)18/h3-4,7,9,13H,1-2,5-6,10-12H2. The van der Waals surface area contributed by atoms with Crippen LogP contribution in [0.1, 0.15) is 25.7 Å². The Morgan fingerprint density at radius 3 is 2.83 bits per heavy atom. The summed E-state index contributed by atoms with van der Waals surface area (Å²) in [4.78, 5) is 13.8. The molecule has 1 aromatic heterocycles. The number of aromatic nitrogens is 1. The summed E-state index contributed by atoms with van der Waals surface area (Å²) in [5.41, 5.74) is 0.0285. The third-order valence-electron chi connectivity index (χ3n) is 3.64. The maximum atomic E-state index is 11.6. The highest BCUT2D eigenvalue weighted by atomic mass is 16.1. The molecule has 0 bridgehead atoms. The van der Waals surface area contributed by atoms with Crippen molar-refractivity contribution in [3.8, 4) is 6.07 Å².